The summed E-state index contributed by atoms with van der Waals surface area (Å²) in [4.78, 5) is 10.7. The van der Waals surface area contributed by atoms with E-state index in [0.29, 0.717) is 5.02 Å². The Kier molecular flexibility index (Phi) is 4.01. The number of hydrogen-bond acceptors (Lipinski definition) is 3. The number of methoxy groups -OCH3 is 1. The van der Waals surface area contributed by atoms with Crippen LogP contribution in [0.2, 0.25) is 5.02 Å². The van der Waals surface area contributed by atoms with E-state index >= 15 is 0 Å². The summed E-state index contributed by atoms with van der Waals surface area (Å²) in [6.07, 6.45) is 2.81. The second kappa shape index (κ2) is 5.29. The molecule has 0 unspecified atom stereocenters. The van der Waals surface area contributed by atoms with E-state index in [1.165, 1.54) is 19.4 Å². The topological polar surface area (TPSA) is 38.3 Å². The average Bonchev–Trinajstić information content (AvgIpc) is 2.21. The van der Waals surface area contributed by atoms with Crippen LogP contribution < -0.4 is 5.32 Å². The maximum Gasteiger partial charge on any atom is 0.331 e. The van der Waals surface area contributed by atoms with Crippen LogP contribution in [0, 0.1) is 0 Å². The van der Waals surface area contributed by atoms with Gasteiger partial charge in [-0.25, -0.2) is 4.79 Å². The van der Waals surface area contributed by atoms with Crippen molar-refractivity contribution in [1.82, 2.24) is 0 Å². The Morgan fingerprint density at radius 3 is 2.64 bits per heavy atom. The van der Waals surface area contributed by atoms with E-state index in [1.54, 1.807) is 12.1 Å². The molecule has 3 nitrogen and oxygen atoms in total. The molecule has 0 bridgehead atoms. The van der Waals surface area contributed by atoms with Gasteiger partial charge in [-0.15, -0.1) is 0 Å². The largest absolute Gasteiger partial charge is 0.466 e. The summed E-state index contributed by atoms with van der Waals surface area (Å²) in [7, 11) is 1.33. The van der Waals surface area contributed by atoms with Crippen molar-refractivity contribution in [3.8, 4) is 0 Å². The second-order valence-electron chi connectivity index (χ2n) is 2.51. The molecule has 0 aliphatic heterocycles. The quantitative estimate of drug-likeness (QED) is 0.617. The van der Waals surface area contributed by atoms with Gasteiger partial charge in [-0.05, 0) is 24.3 Å². The number of anilines is 1. The number of carbonyl (C=O) groups is 1. The first kappa shape index (κ1) is 10.6. The Morgan fingerprint density at radius 2 is 2.07 bits per heavy atom. The summed E-state index contributed by atoms with van der Waals surface area (Å²) in [5, 5.41) is 3.57. The number of ether oxygens (including phenoxy) is 1. The Hall–Kier alpha value is -1.48. The van der Waals surface area contributed by atoms with Gasteiger partial charge in [0, 0.05) is 23.0 Å². The van der Waals surface area contributed by atoms with Gasteiger partial charge in [-0.2, -0.15) is 0 Å². The van der Waals surface area contributed by atoms with Crippen molar-refractivity contribution in [3.05, 3.63) is 41.6 Å². The van der Waals surface area contributed by atoms with Gasteiger partial charge in [0.25, 0.3) is 0 Å². The highest BCUT2D eigenvalue weighted by Crippen LogP contribution is 2.12. The van der Waals surface area contributed by atoms with Gasteiger partial charge in [-0.1, -0.05) is 11.6 Å². The molecule has 0 atom stereocenters. The van der Waals surface area contributed by atoms with Crippen molar-refractivity contribution in [3.63, 3.8) is 0 Å². The second-order valence-corrected chi connectivity index (χ2v) is 2.94. The number of rotatable bonds is 3. The van der Waals surface area contributed by atoms with Crippen LogP contribution >= 0.6 is 11.6 Å². The number of carbonyl (C=O) groups excluding carboxylic acids is 1. The van der Waals surface area contributed by atoms with E-state index in [0.717, 1.165) is 5.69 Å². The summed E-state index contributed by atoms with van der Waals surface area (Å²) >= 11 is 5.70. The number of esters is 1. The minimum absolute atomic E-state index is 0.397. The molecule has 1 rings (SSSR count). The molecule has 0 aliphatic rings. The molecule has 74 valence electrons. The highest BCUT2D eigenvalue weighted by Gasteiger charge is 1.91. The molecule has 0 saturated heterocycles. The minimum atomic E-state index is -0.397. The number of benzene rings is 1. The molecular weight excluding hydrogens is 202 g/mol. The fourth-order valence-corrected chi connectivity index (χ4v) is 0.946. The third-order valence-electron chi connectivity index (χ3n) is 1.51. The lowest BCUT2D eigenvalue weighted by Crippen LogP contribution is -1.96. The molecule has 0 aromatic heterocycles. The SMILES string of the molecule is COC(=O)/C=C\Nc1ccc(Cl)cc1. The van der Waals surface area contributed by atoms with E-state index in [1.807, 2.05) is 12.1 Å². The predicted octanol–water partition coefficient (Wildman–Crippen LogP) is 2.44. The third-order valence-corrected chi connectivity index (χ3v) is 1.77. The third kappa shape index (κ3) is 3.49. The van der Waals surface area contributed by atoms with E-state index in [-0.39, 0.29) is 0 Å². The zero-order valence-corrected chi connectivity index (χ0v) is 8.41. The molecule has 0 heterocycles. The molecule has 0 fully saturated rings. The van der Waals surface area contributed by atoms with Crippen LogP contribution in [0.15, 0.2) is 36.5 Å². The van der Waals surface area contributed by atoms with Gasteiger partial charge in [-0.3, -0.25) is 0 Å². The molecule has 4 heteroatoms. The summed E-state index contributed by atoms with van der Waals surface area (Å²) in [6.45, 7) is 0. The fraction of sp³-hybridized carbons (Fsp3) is 0.100. The Morgan fingerprint density at radius 1 is 1.43 bits per heavy atom. The van der Waals surface area contributed by atoms with Crippen LogP contribution in [0.25, 0.3) is 0 Å². The Balaban J connectivity index is 2.49. The summed E-state index contributed by atoms with van der Waals surface area (Å²) in [5.74, 6) is -0.397. The molecule has 1 aromatic carbocycles. The molecule has 0 spiro atoms. The van der Waals surface area contributed by atoms with Crippen LogP contribution in [0.5, 0.6) is 0 Å². The highest BCUT2D eigenvalue weighted by molar-refractivity contribution is 6.30. The van der Waals surface area contributed by atoms with Gasteiger partial charge in [0.2, 0.25) is 0 Å². The average molecular weight is 212 g/mol. The first-order valence-corrected chi connectivity index (χ1v) is 4.37. The molecule has 0 saturated carbocycles. The van der Waals surface area contributed by atoms with Crippen LogP contribution in [0.3, 0.4) is 0 Å². The van der Waals surface area contributed by atoms with Crippen LogP contribution in [-0.4, -0.2) is 13.1 Å². The zero-order chi connectivity index (χ0) is 10.4. The standard InChI is InChI=1S/C10H10ClNO2/c1-14-10(13)6-7-12-9-4-2-8(11)3-5-9/h2-7,12H,1H3/b7-6-. The number of hydrogen-bond donors (Lipinski definition) is 1. The Labute approximate surface area is 87.3 Å². The Bertz CT molecular complexity index is 332. The van der Waals surface area contributed by atoms with Crippen molar-refractivity contribution >= 4 is 23.3 Å². The van der Waals surface area contributed by atoms with Crippen molar-refractivity contribution < 1.29 is 9.53 Å². The fourth-order valence-electron chi connectivity index (χ4n) is 0.820. The van der Waals surface area contributed by atoms with Gasteiger partial charge in [0.15, 0.2) is 0 Å². The first-order valence-electron chi connectivity index (χ1n) is 3.99. The molecular formula is C10H10ClNO2. The van der Waals surface area contributed by atoms with Crippen LogP contribution in [0.4, 0.5) is 5.69 Å². The predicted molar refractivity (Wildman–Crippen MR) is 56.2 cm³/mol. The molecule has 0 amide bonds. The minimum Gasteiger partial charge on any atom is -0.466 e. The normalized spacial score (nSPS) is 10.1. The molecule has 1 aromatic rings. The van der Waals surface area contributed by atoms with Crippen molar-refractivity contribution in [2.24, 2.45) is 0 Å². The first-order chi connectivity index (χ1) is 6.72. The van der Waals surface area contributed by atoms with Gasteiger partial charge >= 0.3 is 5.97 Å². The molecule has 0 radical (unpaired) electrons. The lowest BCUT2D eigenvalue weighted by Gasteiger charge is -1.99. The number of halogens is 1. The molecule has 14 heavy (non-hydrogen) atoms. The van der Waals surface area contributed by atoms with Crippen molar-refractivity contribution in [2.45, 2.75) is 0 Å². The van der Waals surface area contributed by atoms with Gasteiger partial charge < -0.3 is 10.1 Å². The van der Waals surface area contributed by atoms with Crippen molar-refractivity contribution in [1.29, 1.82) is 0 Å². The summed E-state index contributed by atoms with van der Waals surface area (Å²) in [6, 6.07) is 7.14. The zero-order valence-electron chi connectivity index (χ0n) is 7.66. The lowest BCUT2D eigenvalue weighted by molar-refractivity contribution is -0.134. The van der Waals surface area contributed by atoms with Gasteiger partial charge in [0.05, 0.1) is 7.11 Å². The summed E-state index contributed by atoms with van der Waals surface area (Å²) < 4.78 is 4.42. The van der Waals surface area contributed by atoms with E-state index in [2.05, 4.69) is 10.1 Å². The van der Waals surface area contributed by atoms with E-state index < -0.39 is 5.97 Å². The van der Waals surface area contributed by atoms with E-state index in [4.69, 9.17) is 11.6 Å². The maximum atomic E-state index is 10.7. The monoisotopic (exact) mass is 211 g/mol. The number of nitrogens with one attached hydrogen (secondary N) is 1. The molecule has 0 aliphatic carbocycles. The van der Waals surface area contributed by atoms with Crippen LogP contribution in [0.1, 0.15) is 0 Å². The van der Waals surface area contributed by atoms with Crippen molar-refractivity contribution in [2.75, 3.05) is 12.4 Å². The smallest absolute Gasteiger partial charge is 0.331 e. The van der Waals surface area contributed by atoms with Crippen LogP contribution in [-0.2, 0) is 9.53 Å². The van der Waals surface area contributed by atoms with Gasteiger partial charge in [0.1, 0.15) is 0 Å². The maximum absolute atomic E-state index is 10.7. The van der Waals surface area contributed by atoms with E-state index in [9.17, 15) is 4.79 Å². The summed E-state index contributed by atoms with van der Waals surface area (Å²) in [5.41, 5.74) is 0.856. The molecule has 1 N–H and O–H groups in total. The lowest BCUT2D eigenvalue weighted by atomic mass is 10.3. The highest BCUT2D eigenvalue weighted by atomic mass is 35.5.